The lowest BCUT2D eigenvalue weighted by Crippen LogP contribution is -2.14. The lowest BCUT2D eigenvalue weighted by Gasteiger charge is -2.08. The van der Waals surface area contributed by atoms with Crippen molar-refractivity contribution in [2.75, 3.05) is 16.6 Å². The average molecular weight is 307 g/mol. The summed E-state index contributed by atoms with van der Waals surface area (Å²) in [6.07, 6.45) is 4.94. The van der Waals surface area contributed by atoms with Gasteiger partial charge < -0.3 is 5.32 Å². The van der Waals surface area contributed by atoms with Crippen LogP contribution in [0.2, 0.25) is 0 Å². The first-order valence-corrected chi connectivity index (χ1v) is 8.01. The van der Waals surface area contributed by atoms with E-state index in [-0.39, 0.29) is 4.90 Å². The van der Waals surface area contributed by atoms with Crippen molar-refractivity contribution < 1.29 is 8.42 Å². The minimum atomic E-state index is -3.71. The Bertz CT molecular complexity index is 684. The van der Waals surface area contributed by atoms with Crippen LogP contribution in [0.15, 0.2) is 35.6 Å². The van der Waals surface area contributed by atoms with Gasteiger partial charge in [-0.15, -0.1) is 0 Å². The van der Waals surface area contributed by atoms with Gasteiger partial charge in [0.25, 0.3) is 10.0 Å². The summed E-state index contributed by atoms with van der Waals surface area (Å²) in [4.78, 5) is 12.0. The van der Waals surface area contributed by atoms with Gasteiger partial charge in [-0.2, -0.15) is 0 Å². The highest BCUT2D eigenvalue weighted by atomic mass is 32.2. The summed E-state index contributed by atoms with van der Waals surface area (Å²) in [5.41, 5.74) is 1.21. The number of nitrogens with one attached hydrogen (secondary N) is 2. The SMILES string of the molecule is CCCNc1ncc(S(=O)(=O)Nc2ccc(C)nc2)cn1. The van der Waals surface area contributed by atoms with E-state index in [0.29, 0.717) is 11.6 Å². The van der Waals surface area contributed by atoms with Crippen molar-refractivity contribution in [3.63, 3.8) is 0 Å². The van der Waals surface area contributed by atoms with Gasteiger partial charge in [-0.3, -0.25) is 9.71 Å². The van der Waals surface area contributed by atoms with Gasteiger partial charge in [-0.1, -0.05) is 6.92 Å². The van der Waals surface area contributed by atoms with Crippen molar-refractivity contribution in [2.24, 2.45) is 0 Å². The maximum Gasteiger partial charge on any atom is 0.265 e. The maximum absolute atomic E-state index is 12.2. The summed E-state index contributed by atoms with van der Waals surface area (Å²) < 4.78 is 26.8. The molecule has 2 aromatic heterocycles. The van der Waals surface area contributed by atoms with Crippen LogP contribution in [0.25, 0.3) is 0 Å². The van der Waals surface area contributed by atoms with Gasteiger partial charge in [-0.25, -0.2) is 18.4 Å². The molecule has 2 heterocycles. The standard InChI is InChI=1S/C13H17N5O2S/c1-3-6-14-13-16-8-12(9-17-13)21(19,20)18-11-5-4-10(2)15-7-11/h4-5,7-9,18H,3,6H2,1-2H3,(H,14,16,17). The summed E-state index contributed by atoms with van der Waals surface area (Å²) in [5.74, 6) is 0.410. The van der Waals surface area contributed by atoms with Crippen LogP contribution in [0.3, 0.4) is 0 Å². The minimum absolute atomic E-state index is 0.00474. The lowest BCUT2D eigenvalue weighted by atomic mass is 10.4. The Morgan fingerprint density at radius 3 is 2.38 bits per heavy atom. The van der Waals surface area contributed by atoms with E-state index < -0.39 is 10.0 Å². The highest BCUT2D eigenvalue weighted by molar-refractivity contribution is 7.92. The topological polar surface area (TPSA) is 96.9 Å². The Morgan fingerprint density at radius 1 is 1.10 bits per heavy atom. The number of hydrogen-bond donors (Lipinski definition) is 2. The number of pyridine rings is 1. The zero-order valence-electron chi connectivity index (χ0n) is 11.9. The average Bonchev–Trinajstić information content (AvgIpc) is 2.48. The predicted molar refractivity (Wildman–Crippen MR) is 80.6 cm³/mol. The van der Waals surface area contributed by atoms with E-state index >= 15 is 0 Å². The molecule has 0 saturated heterocycles. The molecule has 0 aliphatic rings. The summed E-state index contributed by atoms with van der Waals surface area (Å²) in [5, 5.41) is 2.98. The van der Waals surface area contributed by atoms with Crippen LogP contribution >= 0.6 is 0 Å². The van der Waals surface area contributed by atoms with Crippen LogP contribution in [0.4, 0.5) is 11.6 Å². The Kier molecular flexibility index (Phi) is 4.69. The largest absolute Gasteiger partial charge is 0.354 e. The van der Waals surface area contributed by atoms with Crippen LogP contribution in [0.5, 0.6) is 0 Å². The third-order valence-electron chi connectivity index (χ3n) is 2.64. The lowest BCUT2D eigenvalue weighted by molar-refractivity contribution is 0.600. The van der Waals surface area contributed by atoms with E-state index in [1.807, 2.05) is 13.8 Å². The third kappa shape index (κ3) is 4.12. The monoisotopic (exact) mass is 307 g/mol. The third-order valence-corrected chi connectivity index (χ3v) is 3.97. The number of rotatable bonds is 6. The summed E-state index contributed by atoms with van der Waals surface area (Å²) in [6, 6.07) is 3.38. The summed E-state index contributed by atoms with van der Waals surface area (Å²) in [7, 11) is -3.71. The Morgan fingerprint density at radius 2 is 1.81 bits per heavy atom. The van der Waals surface area contributed by atoms with Gasteiger partial charge in [0, 0.05) is 12.2 Å². The molecule has 0 saturated carbocycles. The Hall–Kier alpha value is -2.22. The van der Waals surface area contributed by atoms with Crippen molar-refractivity contribution in [3.8, 4) is 0 Å². The minimum Gasteiger partial charge on any atom is -0.354 e. The molecule has 0 fully saturated rings. The van der Waals surface area contributed by atoms with E-state index in [0.717, 1.165) is 18.7 Å². The number of hydrogen-bond acceptors (Lipinski definition) is 6. The molecular formula is C13H17N5O2S. The van der Waals surface area contributed by atoms with Gasteiger partial charge in [0.05, 0.1) is 24.3 Å². The summed E-state index contributed by atoms with van der Waals surface area (Å²) in [6.45, 7) is 4.58. The van der Waals surface area contributed by atoms with Gasteiger partial charge in [0.1, 0.15) is 4.90 Å². The quantitative estimate of drug-likeness (QED) is 0.844. The normalized spacial score (nSPS) is 11.1. The van der Waals surface area contributed by atoms with Crippen LogP contribution in [0, 0.1) is 6.92 Å². The van der Waals surface area contributed by atoms with Crippen LogP contribution < -0.4 is 10.0 Å². The van der Waals surface area contributed by atoms with Crippen molar-refractivity contribution in [1.29, 1.82) is 0 Å². The zero-order valence-corrected chi connectivity index (χ0v) is 12.7. The molecular weight excluding hydrogens is 290 g/mol. The van der Waals surface area contributed by atoms with E-state index in [1.54, 1.807) is 12.1 Å². The van der Waals surface area contributed by atoms with Crippen molar-refractivity contribution in [3.05, 3.63) is 36.4 Å². The van der Waals surface area contributed by atoms with Gasteiger partial charge in [0.15, 0.2) is 0 Å². The first-order valence-electron chi connectivity index (χ1n) is 6.52. The second kappa shape index (κ2) is 6.49. The molecule has 0 bridgehead atoms. The fourth-order valence-electron chi connectivity index (χ4n) is 1.53. The Labute approximate surface area is 123 Å². The molecule has 0 aliphatic carbocycles. The maximum atomic E-state index is 12.2. The molecule has 0 spiro atoms. The predicted octanol–water partition coefficient (Wildman–Crippen LogP) is 1.80. The first-order chi connectivity index (χ1) is 10.0. The smallest absolute Gasteiger partial charge is 0.265 e. The number of sulfonamides is 1. The molecule has 0 aromatic carbocycles. The number of nitrogens with zero attached hydrogens (tertiary/aromatic N) is 3. The Balaban J connectivity index is 2.13. The molecule has 2 rings (SSSR count). The number of aryl methyl sites for hydroxylation is 1. The van der Waals surface area contributed by atoms with Crippen LogP contribution in [-0.2, 0) is 10.0 Å². The molecule has 0 amide bonds. The van der Waals surface area contributed by atoms with Crippen LogP contribution in [-0.4, -0.2) is 29.9 Å². The second-order valence-electron chi connectivity index (χ2n) is 4.46. The van der Waals surface area contributed by atoms with Gasteiger partial charge >= 0.3 is 0 Å². The molecule has 0 radical (unpaired) electrons. The van der Waals surface area contributed by atoms with Crippen molar-refractivity contribution >= 4 is 21.7 Å². The highest BCUT2D eigenvalue weighted by Gasteiger charge is 2.15. The molecule has 0 unspecified atom stereocenters. The van der Waals surface area contributed by atoms with E-state index in [1.165, 1.54) is 18.6 Å². The zero-order chi connectivity index (χ0) is 15.3. The van der Waals surface area contributed by atoms with Crippen molar-refractivity contribution in [1.82, 2.24) is 15.0 Å². The molecule has 7 nitrogen and oxygen atoms in total. The van der Waals surface area contributed by atoms with E-state index in [2.05, 4.69) is 25.0 Å². The van der Waals surface area contributed by atoms with E-state index in [9.17, 15) is 8.42 Å². The molecule has 0 aliphatic heterocycles. The second-order valence-corrected chi connectivity index (χ2v) is 6.15. The van der Waals surface area contributed by atoms with Gasteiger partial charge in [0.2, 0.25) is 5.95 Å². The molecule has 21 heavy (non-hydrogen) atoms. The van der Waals surface area contributed by atoms with Crippen molar-refractivity contribution in [2.45, 2.75) is 25.2 Å². The molecule has 112 valence electrons. The molecule has 0 atom stereocenters. The molecule has 8 heteroatoms. The van der Waals surface area contributed by atoms with Gasteiger partial charge in [-0.05, 0) is 25.5 Å². The molecule has 2 aromatic rings. The molecule has 2 N–H and O–H groups in total. The van der Waals surface area contributed by atoms with E-state index in [4.69, 9.17) is 0 Å². The number of anilines is 2. The summed E-state index contributed by atoms with van der Waals surface area (Å²) >= 11 is 0. The fraction of sp³-hybridized carbons (Fsp3) is 0.308. The highest BCUT2D eigenvalue weighted by Crippen LogP contribution is 2.14. The fourth-order valence-corrected chi connectivity index (χ4v) is 2.46. The van der Waals surface area contributed by atoms with Crippen LogP contribution in [0.1, 0.15) is 19.0 Å². The number of aromatic nitrogens is 3. The first kappa shape index (κ1) is 15.2.